The molecular weight excluding hydrogens is 601 g/mol. The Morgan fingerprint density at radius 2 is 1.66 bits per heavy atom. The summed E-state index contributed by atoms with van der Waals surface area (Å²) < 4.78 is 17.5. The average Bonchev–Trinajstić information content (AvgIpc) is 3.78. The fourth-order valence-corrected chi connectivity index (χ4v) is 7.09. The first-order chi connectivity index (χ1) is 22.5. The maximum atomic E-state index is 15.9. The summed E-state index contributed by atoms with van der Waals surface area (Å²) in [5.41, 5.74) is 0.277. The van der Waals surface area contributed by atoms with Gasteiger partial charge in [0, 0.05) is 50.3 Å². The summed E-state index contributed by atoms with van der Waals surface area (Å²) in [4.78, 5) is 57.6. The van der Waals surface area contributed by atoms with Crippen LogP contribution in [-0.4, -0.2) is 88.5 Å². The van der Waals surface area contributed by atoms with E-state index in [0.29, 0.717) is 37.2 Å². The monoisotopic (exact) mass is 651 g/mol. The molecule has 3 fully saturated rings. The molecule has 1 aromatic heterocycles. The Bertz CT molecular complexity index is 1440. The second-order valence-corrected chi connectivity index (χ2v) is 13.8. The number of amides is 4. The number of halogens is 1. The number of hydrogen-bond acceptors (Lipinski definition) is 6. The number of carbonyl (C=O) groups is 4. The Hall–Kier alpha value is -3.80. The van der Waals surface area contributed by atoms with Crippen LogP contribution in [0, 0.1) is 11.7 Å². The van der Waals surface area contributed by atoms with Gasteiger partial charge in [-0.1, -0.05) is 38.7 Å². The topological polar surface area (TPSA) is 129 Å². The van der Waals surface area contributed by atoms with Gasteiger partial charge in [0.1, 0.15) is 23.6 Å². The largest absolute Gasteiger partial charge is 0.343 e. The molecule has 47 heavy (non-hydrogen) atoms. The zero-order chi connectivity index (χ0) is 33.7. The SMILES string of the molecule is CCC(=O)N[C@@H](C(=O)N1CCN(C)CC1)C1(c2ccc(NC(=O)[C@@H](NC(=O)c3ccnn3C(C)C)C3CCCCCC3)c(F)c2)CC1. The van der Waals surface area contributed by atoms with E-state index in [1.807, 2.05) is 20.9 Å². The quantitative estimate of drug-likeness (QED) is 0.315. The first-order valence-corrected chi connectivity index (χ1v) is 17.3. The fourth-order valence-electron chi connectivity index (χ4n) is 7.09. The van der Waals surface area contributed by atoms with Crippen LogP contribution < -0.4 is 16.0 Å². The predicted octanol–water partition coefficient (Wildman–Crippen LogP) is 4.01. The molecule has 2 atom stereocenters. The van der Waals surface area contributed by atoms with Crippen molar-refractivity contribution in [1.82, 2.24) is 30.2 Å². The number of nitrogens with zero attached hydrogens (tertiary/aromatic N) is 4. The molecule has 0 bridgehead atoms. The molecule has 1 aliphatic heterocycles. The molecule has 12 heteroatoms. The minimum absolute atomic E-state index is 0.00850. The number of anilines is 1. The number of nitrogens with one attached hydrogen (secondary N) is 3. The summed E-state index contributed by atoms with van der Waals surface area (Å²) in [6, 6.07) is 4.60. The van der Waals surface area contributed by atoms with Crippen molar-refractivity contribution in [2.75, 3.05) is 38.5 Å². The van der Waals surface area contributed by atoms with E-state index in [1.165, 1.54) is 12.1 Å². The van der Waals surface area contributed by atoms with Gasteiger partial charge in [-0.3, -0.25) is 23.9 Å². The van der Waals surface area contributed by atoms with E-state index in [-0.39, 0.29) is 35.9 Å². The van der Waals surface area contributed by atoms with Crippen molar-refractivity contribution in [3.63, 3.8) is 0 Å². The van der Waals surface area contributed by atoms with E-state index in [4.69, 9.17) is 0 Å². The number of piperazine rings is 1. The highest BCUT2D eigenvalue weighted by Gasteiger charge is 2.55. The summed E-state index contributed by atoms with van der Waals surface area (Å²) in [5.74, 6) is -1.94. The molecule has 0 spiro atoms. The summed E-state index contributed by atoms with van der Waals surface area (Å²) in [6.07, 6.45) is 8.72. The van der Waals surface area contributed by atoms with Crippen LogP contribution in [0.1, 0.15) is 101 Å². The van der Waals surface area contributed by atoms with Gasteiger partial charge in [-0.05, 0) is 76.3 Å². The van der Waals surface area contributed by atoms with Gasteiger partial charge in [0.05, 0.1) is 5.69 Å². The van der Waals surface area contributed by atoms with Crippen molar-refractivity contribution >= 4 is 29.3 Å². The molecule has 0 unspecified atom stereocenters. The third-order valence-corrected chi connectivity index (χ3v) is 10.2. The van der Waals surface area contributed by atoms with Crippen molar-refractivity contribution < 1.29 is 23.6 Å². The molecule has 1 aromatic carbocycles. The first kappa shape index (κ1) is 34.5. The smallest absolute Gasteiger partial charge is 0.270 e. The molecule has 2 aromatic rings. The zero-order valence-electron chi connectivity index (χ0n) is 28.2. The van der Waals surface area contributed by atoms with Crippen LogP contribution in [0.3, 0.4) is 0 Å². The molecule has 256 valence electrons. The lowest BCUT2D eigenvalue weighted by Gasteiger charge is -2.37. The van der Waals surface area contributed by atoms with Gasteiger partial charge >= 0.3 is 0 Å². The average molecular weight is 652 g/mol. The molecule has 11 nitrogen and oxygen atoms in total. The number of benzene rings is 1. The van der Waals surface area contributed by atoms with Crippen LogP contribution in [0.5, 0.6) is 0 Å². The van der Waals surface area contributed by atoms with Crippen molar-refractivity contribution in [2.24, 2.45) is 5.92 Å². The Morgan fingerprint density at radius 1 is 0.979 bits per heavy atom. The van der Waals surface area contributed by atoms with Crippen LogP contribution >= 0.6 is 0 Å². The Balaban J connectivity index is 1.36. The van der Waals surface area contributed by atoms with Gasteiger partial charge in [-0.2, -0.15) is 5.10 Å². The Labute approximate surface area is 277 Å². The first-order valence-electron chi connectivity index (χ1n) is 17.3. The number of aromatic nitrogens is 2. The molecule has 4 amide bonds. The molecule has 0 radical (unpaired) electrons. The minimum atomic E-state index is -0.847. The molecule has 2 heterocycles. The summed E-state index contributed by atoms with van der Waals surface area (Å²) >= 11 is 0. The molecular formula is C35H50FN7O4. The highest BCUT2D eigenvalue weighted by atomic mass is 19.1. The number of likely N-dealkylation sites (N-methyl/N-ethyl adjacent to an activating group) is 1. The highest BCUT2D eigenvalue weighted by Crippen LogP contribution is 2.52. The molecule has 2 aliphatic carbocycles. The number of carbonyl (C=O) groups excluding carboxylic acids is 4. The maximum absolute atomic E-state index is 15.9. The Kier molecular flexibility index (Phi) is 11.0. The van der Waals surface area contributed by atoms with E-state index >= 15 is 4.39 Å². The van der Waals surface area contributed by atoms with Crippen molar-refractivity contribution in [2.45, 2.75) is 102 Å². The van der Waals surface area contributed by atoms with Crippen molar-refractivity contribution in [1.29, 1.82) is 0 Å². The van der Waals surface area contributed by atoms with Crippen molar-refractivity contribution in [3.8, 4) is 0 Å². The lowest BCUT2D eigenvalue weighted by atomic mass is 9.86. The third kappa shape index (κ3) is 7.85. The summed E-state index contributed by atoms with van der Waals surface area (Å²) in [7, 11) is 2.01. The molecule has 1 saturated heterocycles. The van der Waals surface area contributed by atoms with E-state index in [1.54, 1.807) is 34.8 Å². The van der Waals surface area contributed by atoms with E-state index in [2.05, 4.69) is 25.9 Å². The van der Waals surface area contributed by atoms with Crippen LogP contribution in [0.15, 0.2) is 30.5 Å². The zero-order valence-corrected chi connectivity index (χ0v) is 28.2. The van der Waals surface area contributed by atoms with E-state index in [0.717, 1.165) is 51.6 Å². The van der Waals surface area contributed by atoms with E-state index < -0.39 is 35.1 Å². The standard InChI is InChI=1S/C35H50FN7O4/c1-5-29(44)39-31(34(47)42-20-18-41(4)19-21-42)35(15-16-35)25-12-13-27(26(36)22-25)38-33(46)30(24-10-8-6-7-9-11-24)40-32(45)28-14-17-37-43(28)23(2)3/h12-14,17,22-24,30-31H,5-11,15-16,18-21H2,1-4H3,(H,38,46)(H,39,44)(H,40,45)/t30-,31-/m0/s1. The Morgan fingerprint density at radius 3 is 2.26 bits per heavy atom. The molecule has 3 N–H and O–H groups in total. The van der Waals surface area contributed by atoms with Gasteiger partial charge in [-0.25, -0.2) is 4.39 Å². The van der Waals surface area contributed by atoms with Crippen LogP contribution in [-0.2, 0) is 19.8 Å². The summed E-state index contributed by atoms with van der Waals surface area (Å²) in [5, 5.41) is 12.9. The van der Waals surface area contributed by atoms with E-state index in [9.17, 15) is 19.2 Å². The lowest BCUT2D eigenvalue weighted by molar-refractivity contribution is -0.138. The fraction of sp³-hybridized carbons (Fsp3) is 0.629. The third-order valence-electron chi connectivity index (χ3n) is 10.2. The van der Waals surface area contributed by atoms with Crippen LogP contribution in [0.4, 0.5) is 10.1 Å². The van der Waals surface area contributed by atoms with Crippen molar-refractivity contribution in [3.05, 3.63) is 47.5 Å². The molecule has 2 saturated carbocycles. The number of rotatable bonds is 11. The molecule has 3 aliphatic rings. The summed E-state index contributed by atoms with van der Waals surface area (Å²) in [6.45, 7) is 8.25. The van der Waals surface area contributed by atoms with Gasteiger partial charge in [0.2, 0.25) is 17.7 Å². The van der Waals surface area contributed by atoms with Gasteiger partial charge in [0.25, 0.3) is 5.91 Å². The van der Waals surface area contributed by atoms with Gasteiger partial charge in [0.15, 0.2) is 0 Å². The second kappa shape index (κ2) is 15.0. The van der Waals surface area contributed by atoms with Crippen LogP contribution in [0.2, 0.25) is 0 Å². The highest BCUT2D eigenvalue weighted by molar-refractivity contribution is 6.01. The predicted molar refractivity (Wildman–Crippen MR) is 177 cm³/mol. The molecule has 5 rings (SSSR count). The van der Waals surface area contributed by atoms with Gasteiger partial charge < -0.3 is 25.8 Å². The van der Waals surface area contributed by atoms with Crippen LogP contribution in [0.25, 0.3) is 0 Å². The maximum Gasteiger partial charge on any atom is 0.270 e. The second-order valence-electron chi connectivity index (χ2n) is 13.8. The number of hydrogen-bond donors (Lipinski definition) is 3. The lowest BCUT2D eigenvalue weighted by Crippen LogP contribution is -2.58. The normalized spacial score (nSPS) is 19.8. The minimum Gasteiger partial charge on any atom is -0.343 e. The van der Waals surface area contributed by atoms with Gasteiger partial charge in [-0.15, -0.1) is 0 Å².